The molecule has 0 spiro atoms. The molecule has 0 aliphatic heterocycles. The predicted molar refractivity (Wildman–Crippen MR) is 108 cm³/mol. The van der Waals surface area contributed by atoms with Gasteiger partial charge in [-0.25, -0.2) is 0 Å². The summed E-state index contributed by atoms with van der Waals surface area (Å²) in [6.07, 6.45) is -0.0222. The third-order valence-corrected chi connectivity index (χ3v) is 4.40. The van der Waals surface area contributed by atoms with Crippen LogP contribution in [0.1, 0.15) is 16.7 Å². The van der Waals surface area contributed by atoms with Crippen LogP contribution >= 0.6 is 0 Å². The summed E-state index contributed by atoms with van der Waals surface area (Å²) in [6.45, 7) is 2.14. The summed E-state index contributed by atoms with van der Waals surface area (Å²) in [4.78, 5) is 26.0. The zero-order chi connectivity index (χ0) is 21.4. The van der Waals surface area contributed by atoms with Gasteiger partial charge in [0.1, 0.15) is 0 Å². The second-order valence-electron chi connectivity index (χ2n) is 6.61. The number of methoxy groups -OCH3 is 3. The zero-order valence-electron chi connectivity index (χ0n) is 17.5. The SMILES string of the molecule is COc1cc(CC(=O)OCC(=O)N(C)Cc2ccc(C)cc2)cc(OC)c1OC. The lowest BCUT2D eigenvalue weighted by Crippen LogP contribution is -2.31. The summed E-state index contributed by atoms with van der Waals surface area (Å²) in [5.74, 6) is 0.548. The summed E-state index contributed by atoms with van der Waals surface area (Å²) < 4.78 is 21.0. The molecule has 2 rings (SSSR count). The number of nitrogens with zero attached hydrogens (tertiary/aromatic N) is 1. The fourth-order valence-electron chi connectivity index (χ4n) is 2.76. The Balaban J connectivity index is 1.92. The van der Waals surface area contributed by atoms with Gasteiger partial charge in [0.15, 0.2) is 18.1 Å². The van der Waals surface area contributed by atoms with Crippen LogP contribution in [0.25, 0.3) is 0 Å². The molecule has 0 N–H and O–H groups in total. The van der Waals surface area contributed by atoms with E-state index in [1.165, 1.54) is 26.2 Å². The van der Waals surface area contributed by atoms with Crippen molar-refractivity contribution in [3.05, 3.63) is 53.1 Å². The van der Waals surface area contributed by atoms with E-state index in [2.05, 4.69) is 0 Å². The van der Waals surface area contributed by atoms with Gasteiger partial charge in [-0.3, -0.25) is 9.59 Å². The highest BCUT2D eigenvalue weighted by Crippen LogP contribution is 2.38. The van der Waals surface area contributed by atoms with Crippen LogP contribution in [0.5, 0.6) is 17.2 Å². The number of carbonyl (C=O) groups is 2. The van der Waals surface area contributed by atoms with Gasteiger partial charge < -0.3 is 23.8 Å². The Labute approximate surface area is 171 Å². The van der Waals surface area contributed by atoms with E-state index in [1.54, 1.807) is 19.2 Å². The maximum Gasteiger partial charge on any atom is 0.310 e. The molecule has 1 amide bonds. The van der Waals surface area contributed by atoms with Gasteiger partial charge in [0.05, 0.1) is 27.8 Å². The number of hydrogen-bond acceptors (Lipinski definition) is 6. The average Bonchev–Trinajstić information content (AvgIpc) is 2.72. The van der Waals surface area contributed by atoms with Crippen LogP contribution in [-0.2, 0) is 27.3 Å². The molecular weight excluding hydrogens is 374 g/mol. The summed E-state index contributed by atoms with van der Waals surface area (Å²) in [5, 5.41) is 0. The van der Waals surface area contributed by atoms with E-state index in [9.17, 15) is 9.59 Å². The average molecular weight is 401 g/mol. The molecule has 0 saturated heterocycles. The number of esters is 1. The van der Waals surface area contributed by atoms with Gasteiger partial charge in [0, 0.05) is 13.6 Å². The Hall–Kier alpha value is -3.22. The first-order valence-corrected chi connectivity index (χ1v) is 9.12. The molecule has 2 aromatic rings. The smallest absolute Gasteiger partial charge is 0.310 e. The fourth-order valence-corrected chi connectivity index (χ4v) is 2.76. The molecule has 29 heavy (non-hydrogen) atoms. The summed E-state index contributed by atoms with van der Waals surface area (Å²) in [5.41, 5.74) is 2.80. The number of ether oxygens (including phenoxy) is 4. The molecule has 0 heterocycles. The lowest BCUT2D eigenvalue weighted by Gasteiger charge is -2.17. The maximum atomic E-state index is 12.2. The van der Waals surface area contributed by atoms with Crippen LogP contribution in [0.4, 0.5) is 0 Å². The van der Waals surface area contributed by atoms with Crippen molar-refractivity contribution in [3.8, 4) is 17.2 Å². The molecule has 0 radical (unpaired) electrons. The van der Waals surface area contributed by atoms with Gasteiger partial charge in [0.25, 0.3) is 5.91 Å². The Morgan fingerprint density at radius 3 is 2.00 bits per heavy atom. The Morgan fingerprint density at radius 2 is 1.48 bits per heavy atom. The van der Waals surface area contributed by atoms with Crippen molar-refractivity contribution in [2.24, 2.45) is 0 Å². The minimum Gasteiger partial charge on any atom is -0.493 e. The van der Waals surface area contributed by atoms with Crippen molar-refractivity contribution in [1.82, 2.24) is 4.90 Å². The maximum absolute atomic E-state index is 12.2. The normalized spacial score (nSPS) is 10.2. The lowest BCUT2D eigenvalue weighted by molar-refractivity contribution is -0.151. The van der Waals surface area contributed by atoms with Gasteiger partial charge >= 0.3 is 5.97 Å². The van der Waals surface area contributed by atoms with Crippen molar-refractivity contribution in [2.45, 2.75) is 19.9 Å². The van der Waals surface area contributed by atoms with E-state index < -0.39 is 5.97 Å². The highest BCUT2D eigenvalue weighted by Gasteiger charge is 2.17. The molecule has 0 atom stereocenters. The second-order valence-corrected chi connectivity index (χ2v) is 6.61. The number of benzene rings is 2. The number of likely N-dealkylation sites (N-methyl/N-ethyl adjacent to an activating group) is 1. The van der Waals surface area contributed by atoms with E-state index in [0.29, 0.717) is 29.4 Å². The second kappa shape index (κ2) is 10.4. The van der Waals surface area contributed by atoms with E-state index >= 15 is 0 Å². The minimum atomic E-state index is -0.517. The number of amides is 1. The van der Waals surface area contributed by atoms with Crippen molar-refractivity contribution in [1.29, 1.82) is 0 Å². The molecule has 0 unspecified atom stereocenters. The van der Waals surface area contributed by atoms with Crippen molar-refractivity contribution in [2.75, 3.05) is 35.0 Å². The van der Waals surface area contributed by atoms with E-state index in [1.807, 2.05) is 31.2 Å². The van der Waals surface area contributed by atoms with E-state index in [4.69, 9.17) is 18.9 Å². The summed E-state index contributed by atoms with van der Waals surface area (Å²) in [6, 6.07) is 11.3. The molecule has 0 aliphatic carbocycles. The van der Waals surface area contributed by atoms with Crippen LogP contribution < -0.4 is 14.2 Å². The lowest BCUT2D eigenvalue weighted by atomic mass is 10.1. The fraction of sp³-hybridized carbons (Fsp3) is 0.364. The molecule has 156 valence electrons. The van der Waals surface area contributed by atoms with Crippen LogP contribution in [0.3, 0.4) is 0 Å². The third-order valence-electron chi connectivity index (χ3n) is 4.40. The first kappa shape index (κ1) is 22.1. The number of rotatable bonds is 9. The van der Waals surface area contributed by atoms with Crippen molar-refractivity contribution < 1.29 is 28.5 Å². The molecule has 7 nitrogen and oxygen atoms in total. The van der Waals surface area contributed by atoms with E-state index in [0.717, 1.165) is 11.1 Å². The van der Waals surface area contributed by atoms with E-state index in [-0.39, 0.29) is 18.9 Å². The first-order chi connectivity index (χ1) is 13.9. The predicted octanol–water partition coefficient (Wildman–Crippen LogP) is 2.77. The van der Waals surface area contributed by atoms with Crippen LogP contribution in [0.2, 0.25) is 0 Å². The van der Waals surface area contributed by atoms with Gasteiger partial charge in [-0.15, -0.1) is 0 Å². The van der Waals surface area contributed by atoms with Gasteiger partial charge in [-0.1, -0.05) is 29.8 Å². The molecule has 2 aromatic carbocycles. The largest absolute Gasteiger partial charge is 0.493 e. The molecule has 0 aliphatic rings. The van der Waals surface area contributed by atoms with Gasteiger partial charge in [-0.2, -0.15) is 0 Å². The van der Waals surface area contributed by atoms with Crippen molar-refractivity contribution >= 4 is 11.9 Å². The topological polar surface area (TPSA) is 74.3 Å². The minimum absolute atomic E-state index is 0.0222. The van der Waals surface area contributed by atoms with Crippen LogP contribution in [0.15, 0.2) is 36.4 Å². The van der Waals surface area contributed by atoms with Crippen LogP contribution in [0, 0.1) is 6.92 Å². The van der Waals surface area contributed by atoms with Gasteiger partial charge in [-0.05, 0) is 30.2 Å². The number of hydrogen-bond donors (Lipinski definition) is 0. The monoisotopic (exact) mass is 401 g/mol. The van der Waals surface area contributed by atoms with Gasteiger partial charge in [0.2, 0.25) is 5.75 Å². The Morgan fingerprint density at radius 1 is 0.897 bits per heavy atom. The molecule has 0 bridgehead atoms. The third kappa shape index (κ3) is 6.14. The summed E-state index contributed by atoms with van der Waals surface area (Å²) >= 11 is 0. The number of carbonyl (C=O) groups excluding carboxylic acids is 2. The number of aryl methyl sites for hydroxylation is 1. The molecular formula is C22H27NO6. The van der Waals surface area contributed by atoms with Crippen LogP contribution in [-0.4, -0.2) is 51.8 Å². The summed E-state index contributed by atoms with van der Waals surface area (Å²) in [7, 11) is 6.19. The molecule has 0 aromatic heterocycles. The zero-order valence-corrected chi connectivity index (χ0v) is 17.5. The Bertz CT molecular complexity index is 822. The van der Waals surface area contributed by atoms with Crippen molar-refractivity contribution in [3.63, 3.8) is 0 Å². The molecule has 7 heteroatoms. The highest BCUT2D eigenvalue weighted by molar-refractivity contribution is 5.81. The first-order valence-electron chi connectivity index (χ1n) is 9.12. The quantitative estimate of drug-likeness (QED) is 0.602. The standard InChI is InChI=1S/C22H27NO6/c1-15-6-8-16(9-7-15)13-23(2)20(24)14-29-21(25)12-17-10-18(26-3)22(28-5)19(11-17)27-4/h6-11H,12-14H2,1-5H3. The molecule has 0 fully saturated rings. The molecule has 0 saturated carbocycles. The highest BCUT2D eigenvalue weighted by atomic mass is 16.5. The Kier molecular flexibility index (Phi) is 7.88.